The molecular weight excluding hydrogens is 168 g/mol. The molecule has 0 saturated carbocycles. The molecule has 0 saturated heterocycles. The Hall–Kier alpha value is -0.860. The first-order valence-electron chi connectivity index (χ1n) is 4.79. The molecular formula is C10H18O3. The summed E-state index contributed by atoms with van der Waals surface area (Å²) in [5.41, 5.74) is 0. The number of hydrogen-bond donors (Lipinski definition) is 0. The summed E-state index contributed by atoms with van der Waals surface area (Å²) in [6, 6.07) is 0. The van der Waals surface area contributed by atoms with E-state index in [0.717, 1.165) is 19.3 Å². The Morgan fingerprint density at radius 3 is 2.23 bits per heavy atom. The number of hydrogen-bond acceptors (Lipinski definition) is 3. The molecule has 3 heteroatoms. The number of ether oxygens (including phenoxy) is 1. The van der Waals surface area contributed by atoms with Gasteiger partial charge < -0.3 is 4.74 Å². The van der Waals surface area contributed by atoms with E-state index >= 15 is 0 Å². The fraction of sp³-hybridized carbons (Fsp3) is 0.800. The van der Waals surface area contributed by atoms with Gasteiger partial charge in [-0.2, -0.15) is 0 Å². The van der Waals surface area contributed by atoms with Crippen LogP contribution in [-0.2, 0) is 14.3 Å². The summed E-state index contributed by atoms with van der Waals surface area (Å²) in [6.07, 6.45) is 4.39. The Balaban J connectivity index is 3.17. The molecule has 0 unspecified atom stereocenters. The van der Waals surface area contributed by atoms with Gasteiger partial charge in [-0.05, 0) is 12.8 Å². The highest BCUT2D eigenvalue weighted by Crippen LogP contribution is 2.05. The van der Waals surface area contributed by atoms with Crippen LogP contribution in [-0.4, -0.2) is 18.9 Å². The van der Waals surface area contributed by atoms with Crippen LogP contribution in [0.4, 0.5) is 0 Å². The third-order valence-corrected chi connectivity index (χ3v) is 1.96. The van der Waals surface area contributed by atoms with E-state index < -0.39 is 0 Å². The van der Waals surface area contributed by atoms with Crippen molar-refractivity contribution >= 4 is 11.8 Å². The SMILES string of the molecule is CCC(=O)CCCCCC(=O)OC. The molecule has 0 bridgehead atoms. The third kappa shape index (κ3) is 7.50. The molecule has 0 heterocycles. The van der Waals surface area contributed by atoms with E-state index in [9.17, 15) is 9.59 Å². The Morgan fingerprint density at radius 2 is 1.69 bits per heavy atom. The highest BCUT2D eigenvalue weighted by molar-refractivity contribution is 5.77. The lowest BCUT2D eigenvalue weighted by Crippen LogP contribution is -2.00. The highest BCUT2D eigenvalue weighted by Gasteiger charge is 2.01. The maximum atomic E-state index is 10.9. The van der Waals surface area contributed by atoms with Gasteiger partial charge in [0.05, 0.1) is 7.11 Å². The number of unbranched alkanes of at least 4 members (excludes halogenated alkanes) is 2. The standard InChI is InChI=1S/C10H18O3/c1-3-9(11)7-5-4-6-8-10(12)13-2/h3-8H2,1-2H3. The molecule has 0 aliphatic rings. The number of methoxy groups -OCH3 is 1. The molecule has 3 nitrogen and oxygen atoms in total. The van der Waals surface area contributed by atoms with Crippen LogP contribution >= 0.6 is 0 Å². The number of Topliss-reactive ketones (excluding diaryl/α,β-unsaturated/α-hetero) is 1. The molecule has 76 valence electrons. The molecule has 0 aromatic rings. The lowest BCUT2D eigenvalue weighted by atomic mass is 10.1. The molecule has 0 aliphatic heterocycles. The highest BCUT2D eigenvalue weighted by atomic mass is 16.5. The van der Waals surface area contributed by atoms with Crippen molar-refractivity contribution in [3.05, 3.63) is 0 Å². The van der Waals surface area contributed by atoms with E-state index in [1.807, 2.05) is 6.92 Å². The Morgan fingerprint density at radius 1 is 1.08 bits per heavy atom. The smallest absolute Gasteiger partial charge is 0.305 e. The second-order valence-electron chi connectivity index (χ2n) is 3.03. The Labute approximate surface area is 79.5 Å². The van der Waals surface area contributed by atoms with E-state index in [2.05, 4.69) is 4.74 Å². The molecule has 0 N–H and O–H groups in total. The molecule has 13 heavy (non-hydrogen) atoms. The molecule has 0 aromatic carbocycles. The van der Waals surface area contributed by atoms with Crippen molar-refractivity contribution in [3.63, 3.8) is 0 Å². The Bertz CT molecular complexity index is 146. The first-order valence-corrected chi connectivity index (χ1v) is 4.79. The van der Waals surface area contributed by atoms with Crippen LogP contribution in [0.25, 0.3) is 0 Å². The monoisotopic (exact) mass is 186 g/mol. The van der Waals surface area contributed by atoms with Crippen LogP contribution < -0.4 is 0 Å². The van der Waals surface area contributed by atoms with E-state index in [-0.39, 0.29) is 5.97 Å². The van der Waals surface area contributed by atoms with Crippen LogP contribution in [0.15, 0.2) is 0 Å². The molecule has 0 aliphatic carbocycles. The Kier molecular flexibility index (Phi) is 7.26. The quantitative estimate of drug-likeness (QED) is 0.451. The number of ketones is 1. The molecule has 0 atom stereocenters. The predicted molar refractivity (Wildman–Crippen MR) is 50.4 cm³/mol. The molecule has 0 amide bonds. The first-order chi connectivity index (χ1) is 6.20. The van der Waals surface area contributed by atoms with Gasteiger partial charge in [-0.25, -0.2) is 0 Å². The van der Waals surface area contributed by atoms with Gasteiger partial charge in [0.15, 0.2) is 0 Å². The number of carbonyl (C=O) groups is 2. The van der Waals surface area contributed by atoms with E-state index in [1.54, 1.807) is 0 Å². The largest absolute Gasteiger partial charge is 0.469 e. The normalized spacial score (nSPS) is 9.69. The van der Waals surface area contributed by atoms with Crippen LogP contribution in [0.5, 0.6) is 0 Å². The molecule has 0 fully saturated rings. The average Bonchev–Trinajstić information content (AvgIpc) is 2.16. The second kappa shape index (κ2) is 7.77. The molecule has 0 rings (SSSR count). The minimum absolute atomic E-state index is 0.165. The van der Waals surface area contributed by atoms with E-state index in [4.69, 9.17) is 0 Å². The summed E-state index contributed by atoms with van der Waals surface area (Å²) in [5.74, 6) is 0.139. The average molecular weight is 186 g/mol. The van der Waals surface area contributed by atoms with Crippen molar-refractivity contribution in [1.29, 1.82) is 0 Å². The zero-order valence-electron chi connectivity index (χ0n) is 8.47. The van der Waals surface area contributed by atoms with Gasteiger partial charge in [0.25, 0.3) is 0 Å². The lowest BCUT2D eigenvalue weighted by Gasteiger charge is -1.99. The lowest BCUT2D eigenvalue weighted by molar-refractivity contribution is -0.140. The van der Waals surface area contributed by atoms with Crippen LogP contribution in [0.2, 0.25) is 0 Å². The number of rotatable bonds is 7. The third-order valence-electron chi connectivity index (χ3n) is 1.96. The fourth-order valence-corrected chi connectivity index (χ4v) is 1.05. The van der Waals surface area contributed by atoms with Crippen LogP contribution in [0.1, 0.15) is 45.4 Å². The predicted octanol–water partition coefficient (Wildman–Crippen LogP) is 2.09. The molecule has 0 radical (unpaired) electrons. The molecule has 0 spiro atoms. The number of carbonyl (C=O) groups excluding carboxylic acids is 2. The summed E-state index contributed by atoms with van der Waals surface area (Å²) in [4.78, 5) is 21.5. The summed E-state index contributed by atoms with van der Waals surface area (Å²) >= 11 is 0. The van der Waals surface area contributed by atoms with Crippen molar-refractivity contribution in [3.8, 4) is 0 Å². The van der Waals surface area contributed by atoms with Gasteiger partial charge >= 0.3 is 5.97 Å². The zero-order valence-corrected chi connectivity index (χ0v) is 8.47. The summed E-state index contributed by atoms with van der Waals surface area (Å²) in [6.45, 7) is 1.87. The first kappa shape index (κ1) is 12.1. The maximum absolute atomic E-state index is 10.9. The minimum Gasteiger partial charge on any atom is -0.469 e. The van der Waals surface area contributed by atoms with Gasteiger partial charge in [0.1, 0.15) is 5.78 Å². The fourth-order valence-electron chi connectivity index (χ4n) is 1.05. The number of esters is 1. The van der Waals surface area contributed by atoms with Gasteiger partial charge in [-0.3, -0.25) is 9.59 Å². The summed E-state index contributed by atoms with van der Waals surface area (Å²) in [7, 11) is 1.39. The summed E-state index contributed by atoms with van der Waals surface area (Å²) in [5, 5.41) is 0. The minimum atomic E-state index is -0.165. The van der Waals surface area contributed by atoms with E-state index in [1.165, 1.54) is 7.11 Å². The zero-order chi connectivity index (χ0) is 10.1. The van der Waals surface area contributed by atoms with Gasteiger partial charge in [0.2, 0.25) is 0 Å². The van der Waals surface area contributed by atoms with Gasteiger partial charge in [-0.1, -0.05) is 13.3 Å². The topological polar surface area (TPSA) is 43.4 Å². The van der Waals surface area contributed by atoms with Crippen molar-refractivity contribution in [2.45, 2.75) is 45.4 Å². The van der Waals surface area contributed by atoms with Crippen LogP contribution in [0, 0.1) is 0 Å². The molecule has 0 aromatic heterocycles. The second-order valence-corrected chi connectivity index (χ2v) is 3.03. The van der Waals surface area contributed by atoms with Crippen LogP contribution in [0.3, 0.4) is 0 Å². The summed E-state index contributed by atoms with van der Waals surface area (Å²) < 4.78 is 4.49. The van der Waals surface area contributed by atoms with Crippen molar-refractivity contribution < 1.29 is 14.3 Å². The maximum Gasteiger partial charge on any atom is 0.305 e. The van der Waals surface area contributed by atoms with E-state index in [0.29, 0.717) is 25.0 Å². The van der Waals surface area contributed by atoms with Crippen molar-refractivity contribution in [2.75, 3.05) is 7.11 Å². The van der Waals surface area contributed by atoms with Gasteiger partial charge in [-0.15, -0.1) is 0 Å². The van der Waals surface area contributed by atoms with Crippen molar-refractivity contribution in [2.24, 2.45) is 0 Å². The van der Waals surface area contributed by atoms with Gasteiger partial charge in [0, 0.05) is 19.3 Å². The van der Waals surface area contributed by atoms with Crippen molar-refractivity contribution in [1.82, 2.24) is 0 Å².